The second-order valence-corrected chi connectivity index (χ2v) is 6.85. The van der Waals surface area contributed by atoms with E-state index in [1.54, 1.807) is 32.0 Å². The molecule has 0 fully saturated rings. The highest BCUT2D eigenvalue weighted by atomic mass is 35.5. The molecule has 0 aliphatic carbocycles. The molecule has 2 N–H and O–H groups in total. The number of anilines is 1. The first-order valence-corrected chi connectivity index (χ1v) is 9.58. The number of esters is 2. The summed E-state index contributed by atoms with van der Waals surface area (Å²) in [5.74, 6) is -0.799. The van der Waals surface area contributed by atoms with Crippen molar-refractivity contribution >= 4 is 58.1 Å². The maximum atomic E-state index is 12.1. The molecule has 30 heavy (non-hydrogen) atoms. The van der Waals surface area contributed by atoms with Gasteiger partial charge in [-0.05, 0) is 32.1 Å². The zero-order valence-corrected chi connectivity index (χ0v) is 17.6. The van der Waals surface area contributed by atoms with E-state index in [1.165, 1.54) is 12.2 Å². The minimum atomic E-state index is -0.656. The Kier molecular flexibility index (Phi) is 6.59. The molecule has 0 aliphatic rings. The highest BCUT2D eigenvalue weighted by Gasteiger charge is 2.24. The van der Waals surface area contributed by atoms with Crippen LogP contribution in [-0.2, 0) is 20.9 Å². The van der Waals surface area contributed by atoms with Gasteiger partial charge in [0.25, 0.3) is 0 Å². The van der Waals surface area contributed by atoms with Crippen LogP contribution in [0.1, 0.15) is 34.4 Å². The highest BCUT2D eigenvalue weighted by Crippen LogP contribution is 2.29. The molecule has 0 saturated carbocycles. The number of aryl methyl sites for hydroxylation is 1. The van der Waals surface area contributed by atoms with Crippen molar-refractivity contribution in [2.75, 3.05) is 12.3 Å². The van der Waals surface area contributed by atoms with Crippen molar-refractivity contribution in [3.8, 4) is 0 Å². The summed E-state index contributed by atoms with van der Waals surface area (Å²) in [5, 5.41) is 1.06. The van der Waals surface area contributed by atoms with Crippen LogP contribution in [0, 0.1) is 6.92 Å². The van der Waals surface area contributed by atoms with Crippen molar-refractivity contribution in [3.63, 3.8) is 0 Å². The van der Waals surface area contributed by atoms with Crippen LogP contribution in [0.5, 0.6) is 0 Å². The number of hydrogen-bond acceptors (Lipinski definition) is 8. The molecule has 2 aromatic heterocycles. The average molecular weight is 450 g/mol. The number of hydrogen-bond donors (Lipinski definition) is 1. The Bertz CT molecular complexity index is 1140. The predicted octanol–water partition coefficient (Wildman–Crippen LogP) is 4.35. The number of rotatable bonds is 6. The molecule has 0 aliphatic heterocycles. The molecule has 2 heterocycles. The van der Waals surface area contributed by atoms with Crippen molar-refractivity contribution in [2.45, 2.75) is 20.5 Å². The lowest BCUT2D eigenvalue weighted by Crippen LogP contribution is -2.09. The molecule has 3 rings (SSSR count). The predicted molar refractivity (Wildman–Crippen MR) is 112 cm³/mol. The van der Waals surface area contributed by atoms with Crippen molar-refractivity contribution < 1.29 is 23.5 Å². The first-order chi connectivity index (χ1) is 14.3. The van der Waals surface area contributed by atoms with E-state index in [4.69, 9.17) is 42.8 Å². The first kappa shape index (κ1) is 21.6. The van der Waals surface area contributed by atoms with Gasteiger partial charge >= 0.3 is 11.9 Å². The molecule has 10 heteroatoms. The Morgan fingerprint density at radius 1 is 1.20 bits per heavy atom. The fourth-order valence-electron chi connectivity index (χ4n) is 2.70. The smallest absolute Gasteiger partial charge is 0.342 e. The number of nitrogen functional groups attached to an aromatic ring is 1. The second kappa shape index (κ2) is 9.15. The average Bonchev–Trinajstić information content (AvgIpc) is 3.02. The Morgan fingerprint density at radius 3 is 2.57 bits per heavy atom. The quantitative estimate of drug-likeness (QED) is 0.435. The number of nitrogens with two attached hydrogens (primary N) is 1. The SMILES string of the molecule is CCOC(=O)c1c(C)oc2nc(COC(=O)/C=C/c3c(Cl)cccc3Cl)nc(N)c12. The van der Waals surface area contributed by atoms with Crippen LogP contribution in [0.25, 0.3) is 17.2 Å². The van der Waals surface area contributed by atoms with Crippen LogP contribution in [-0.4, -0.2) is 28.5 Å². The molecular weight excluding hydrogens is 433 g/mol. The van der Waals surface area contributed by atoms with Gasteiger partial charge in [0.2, 0.25) is 5.71 Å². The van der Waals surface area contributed by atoms with Crippen LogP contribution in [0.15, 0.2) is 28.7 Å². The van der Waals surface area contributed by atoms with E-state index in [0.29, 0.717) is 21.4 Å². The van der Waals surface area contributed by atoms with Crippen LogP contribution in [0.3, 0.4) is 0 Å². The Labute approximate surface area is 181 Å². The van der Waals surface area contributed by atoms with Crippen molar-refractivity contribution in [3.05, 3.63) is 57.0 Å². The third-order valence-corrected chi connectivity index (χ3v) is 4.67. The van der Waals surface area contributed by atoms with Gasteiger partial charge in [0, 0.05) is 21.7 Å². The van der Waals surface area contributed by atoms with Gasteiger partial charge in [-0.15, -0.1) is 0 Å². The zero-order chi connectivity index (χ0) is 21.8. The highest BCUT2D eigenvalue weighted by molar-refractivity contribution is 6.37. The van der Waals surface area contributed by atoms with E-state index < -0.39 is 11.9 Å². The Hall–Kier alpha value is -3.10. The second-order valence-electron chi connectivity index (χ2n) is 6.04. The summed E-state index contributed by atoms with van der Waals surface area (Å²) in [6.45, 7) is 3.23. The monoisotopic (exact) mass is 449 g/mol. The zero-order valence-electron chi connectivity index (χ0n) is 16.1. The summed E-state index contributed by atoms with van der Waals surface area (Å²) in [6.07, 6.45) is 2.64. The fraction of sp³-hybridized carbons (Fsp3) is 0.200. The number of benzene rings is 1. The number of nitrogens with zero attached hydrogens (tertiary/aromatic N) is 2. The summed E-state index contributed by atoms with van der Waals surface area (Å²) in [5.41, 5.74) is 6.75. The van der Waals surface area contributed by atoms with Crippen LogP contribution < -0.4 is 5.73 Å². The molecule has 0 bridgehead atoms. The Morgan fingerprint density at radius 2 is 1.90 bits per heavy atom. The molecule has 0 spiro atoms. The summed E-state index contributed by atoms with van der Waals surface area (Å²) in [7, 11) is 0. The standard InChI is InChI=1S/C20H17Cl2N3O5/c1-3-28-20(27)16-10(2)30-19-17(16)18(23)24-14(25-19)9-29-15(26)8-7-11-12(21)5-4-6-13(11)22/h4-8H,3,9H2,1-2H3,(H2,23,24,25)/b8-7+. The van der Waals surface area contributed by atoms with Crippen LogP contribution >= 0.6 is 23.2 Å². The van der Waals surface area contributed by atoms with Crippen molar-refractivity contribution in [2.24, 2.45) is 0 Å². The van der Waals surface area contributed by atoms with Gasteiger partial charge in [0.1, 0.15) is 17.1 Å². The third-order valence-electron chi connectivity index (χ3n) is 4.01. The van der Waals surface area contributed by atoms with E-state index in [0.717, 1.165) is 0 Å². The van der Waals surface area contributed by atoms with Gasteiger partial charge in [0.05, 0.1) is 12.0 Å². The number of halogens is 2. The molecule has 0 unspecified atom stereocenters. The third kappa shape index (κ3) is 4.55. The van der Waals surface area contributed by atoms with E-state index in [1.807, 2.05) is 0 Å². The van der Waals surface area contributed by atoms with E-state index in [2.05, 4.69) is 9.97 Å². The van der Waals surface area contributed by atoms with E-state index >= 15 is 0 Å². The number of carbonyl (C=O) groups is 2. The lowest BCUT2D eigenvalue weighted by atomic mass is 10.2. The number of furan rings is 1. The number of carbonyl (C=O) groups excluding carboxylic acids is 2. The van der Waals surface area contributed by atoms with Gasteiger partial charge in [-0.1, -0.05) is 29.3 Å². The number of ether oxygens (including phenoxy) is 2. The van der Waals surface area contributed by atoms with Gasteiger partial charge < -0.3 is 19.6 Å². The largest absolute Gasteiger partial charge is 0.462 e. The maximum absolute atomic E-state index is 12.1. The molecule has 0 saturated heterocycles. The molecule has 156 valence electrons. The van der Waals surface area contributed by atoms with E-state index in [9.17, 15) is 9.59 Å². The molecule has 3 aromatic rings. The molecule has 1 aromatic carbocycles. The molecule has 0 radical (unpaired) electrons. The molecule has 8 nitrogen and oxygen atoms in total. The van der Waals surface area contributed by atoms with Crippen molar-refractivity contribution in [1.82, 2.24) is 9.97 Å². The van der Waals surface area contributed by atoms with Gasteiger partial charge in [-0.25, -0.2) is 14.6 Å². The fourth-order valence-corrected chi connectivity index (χ4v) is 3.23. The van der Waals surface area contributed by atoms with Crippen LogP contribution in [0.4, 0.5) is 5.82 Å². The van der Waals surface area contributed by atoms with Crippen LogP contribution in [0.2, 0.25) is 10.0 Å². The number of fused-ring (bicyclic) bond motifs is 1. The minimum absolute atomic E-state index is 0.0179. The lowest BCUT2D eigenvalue weighted by molar-refractivity contribution is -0.139. The lowest BCUT2D eigenvalue weighted by Gasteiger charge is -2.04. The van der Waals surface area contributed by atoms with E-state index in [-0.39, 0.29) is 41.5 Å². The van der Waals surface area contributed by atoms with Gasteiger partial charge in [-0.2, -0.15) is 4.98 Å². The number of aromatic nitrogens is 2. The van der Waals surface area contributed by atoms with Crippen molar-refractivity contribution in [1.29, 1.82) is 0 Å². The normalized spacial score (nSPS) is 11.2. The first-order valence-electron chi connectivity index (χ1n) is 8.83. The minimum Gasteiger partial charge on any atom is -0.462 e. The van der Waals surface area contributed by atoms with Gasteiger partial charge in [0.15, 0.2) is 12.4 Å². The molecular formula is C20H17Cl2N3O5. The maximum Gasteiger partial charge on any atom is 0.342 e. The molecule has 0 atom stereocenters. The summed E-state index contributed by atoms with van der Waals surface area (Å²) < 4.78 is 15.7. The summed E-state index contributed by atoms with van der Waals surface area (Å²) in [6, 6.07) is 5.00. The summed E-state index contributed by atoms with van der Waals surface area (Å²) in [4.78, 5) is 32.4. The topological polar surface area (TPSA) is 118 Å². The molecule has 0 amide bonds. The summed E-state index contributed by atoms with van der Waals surface area (Å²) >= 11 is 12.1. The Balaban J connectivity index is 1.76. The van der Waals surface area contributed by atoms with Gasteiger partial charge in [-0.3, -0.25) is 0 Å².